The molecule has 1 heterocycles. The highest BCUT2D eigenvalue weighted by atomic mass is 79.9. The van der Waals surface area contributed by atoms with E-state index >= 15 is 0 Å². The molecule has 96 valence electrons. The van der Waals surface area contributed by atoms with Gasteiger partial charge < -0.3 is 10.0 Å². The quantitative estimate of drug-likeness (QED) is 0.663. The highest BCUT2D eigenvalue weighted by Crippen LogP contribution is 2.26. The number of aliphatic hydroxyl groups is 1. The lowest BCUT2D eigenvalue weighted by Crippen LogP contribution is -2.29. The summed E-state index contributed by atoms with van der Waals surface area (Å²) < 4.78 is 0.338. The van der Waals surface area contributed by atoms with Crippen LogP contribution in [0.1, 0.15) is 16.8 Å². The Labute approximate surface area is 111 Å². The summed E-state index contributed by atoms with van der Waals surface area (Å²) in [7, 11) is 0. The predicted molar refractivity (Wildman–Crippen MR) is 67.3 cm³/mol. The Bertz CT molecular complexity index is 506. The van der Waals surface area contributed by atoms with Crippen molar-refractivity contribution in [1.82, 2.24) is 4.90 Å². The van der Waals surface area contributed by atoms with Gasteiger partial charge in [0.1, 0.15) is 0 Å². The molecule has 1 atom stereocenters. The van der Waals surface area contributed by atoms with Crippen molar-refractivity contribution in [2.24, 2.45) is 0 Å². The lowest BCUT2D eigenvalue weighted by atomic mass is 10.2. The Morgan fingerprint density at radius 3 is 2.83 bits per heavy atom. The fourth-order valence-corrected chi connectivity index (χ4v) is 2.29. The number of aliphatic hydroxyl groups excluding tert-OH is 1. The molecule has 1 N–H and O–H groups in total. The van der Waals surface area contributed by atoms with Crippen molar-refractivity contribution in [3.05, 3.63) is 38.3 Å². The SMILES string of the molecule is O=C(c1ccc(Br)c([N+](=O)[O-])c1)N1CC[C@@H](O)C1. The smallest absolute Gasteiger partial charge is 0.284 e. The van der Waals surface area contributed by atoms with E-state index in [1.54, 1.807) is 0 Å². The lowest BCUT2D eigenvalue weighted by molar-refractivity contribution is -0.385. The summed E-state index contributed by atoms with van der Waals surface area (Å²) in [5, 5.41) is 20.2. The molecule has 1 aliphatic rings. The van der Waals surface area contributed by atoms with Gasteiger partial charge in [-0.1, -0.05) is 0 Å². The number of halogens is 1. The molecule has 0 aliphatic carbocycles. The van der Waals surface area contributed by atoms with E-state index in [9.17, 15) is 20.0 Å². The van der Waals surface area contributed by atoms with Crippen LogP contribution in [0.25, 0.3) is 0 Å². The molecule has 0 aromatic heterocycles. The second kappa shape index (κ2) is 5.03. The van der Waals surface area contributed by atoms with Crippen LogP contribution in [-0.2, 0) is 0 Å². The molecule has 1 amide bonds. The lowest BCUT2D eigenvalue weighted by Gasteiger charge is -2.15. The van der Waals surface area contributed by atoms with Crippen molar-refractivity contribution in [3.8, 4) is 0 Å². The number of nitro groups is 1. The second-order valence-corrected chi connectivity index (χ2v) is 4.97. The molecule has 1 aliphatic heterocycles. The van der Waals surface area contributed by atoms with E-state index in [1.165, 1.54) is 23.1 Å². The van der Waals surface area contributed by atoms with Gasteiger partial charge in [-0.15, -0.1) is 0 Å². The summed E-state index contributed by atoms with van der Waals surface area (Å²) in [6.07, 6.45) is 0.0454. The number of hydrogen-bond acceptors (Lipinski definition) is 4. The summed E-state index contributed by atoms with van der Waals surface area (Å²) in [4.78, 5) is 23.8. The Hall–Kier alpha value is -1.47. The maximum absolute atomic E-state index is 12.1. The second-order valence-electron chi connectivity index (χ2n) is 4.12. The number of β-amino-alcohol motifs (C(OH)–C–C–N with tert-alkyl or cyclic N) is 1. The minimum atomic E-state index is -0.542. The van der Waals surface area contributed by atoms with Crippen LogP contribution in [0.15, 0.2) is 22.7 Å². The summed E-state index contributed by atoms with van der Waals surface area (Å²) in [5.41, 5.74) is 0.125. The molecule has 7 heteroatoms. The predicted octanol–water partition coefficient (Wildman–Crippen LogP) is 1.56. The maximum Gasteiger partial charge on any atom is 0.284 e. The van der Waals surface area contributed by atoms with Crippen LogP contribution in [0.2, 0.25) is 0 Å². The van der Waals surface area contributed by atoms with Gasteiger partial charge >= 0.3 is 0 Å². The van der Waals surface area contributed by atoms with E-state index in [4.69, 9.17) is 0 Å². The van der Waals surface area contributed by atoms with Crippen LogP contribution in [0.4, 0.5) is 5.69 Å². The molecule has 1 aromatic rings. The van der Waals surface area contributed by atoms with Gasteiger partial charge in [0, 0.05) is 24.7 Å². The van der Waals surface area contributed by atoms with Crippen molar-refractivity contribution in [2.45, 2.75) is 12.5 Å². The zero-order valence-corrected chi connectivity index (χ0v) is 11.0. The molecule has 0 saturated carbocycles. The third kappa shape index (κ3) is 2.51. The van der Waals surface area contributed by atoms with E-state index in [2.05, 4.69) is 15.9 Å². The minimum absolute atomic E-state index is 0.138. The molecule has 1 aromatic carbocycles. The molecule has 0 unspecified atom stereocenters. The number of nitrogens with zero attached hydrogens (tertiary/aromatic N) is 2. The van der Waals surface area contributed by atoms with E-state index in [1.807, 2.05) is 0 Å². The Kier molecular flexibility index (Phi) is 3.63. The van der Waals surface area contributed by atoms with Gasteiger partial charge in [-0.25, -0.2) is 0 Å². The van der Waals surface area contributed by atoms with Crippen molar-refractivity contribution >= 4 is 27.5 Å². The largest absolute Gasteiger partial charge is 0.391 e. The van der Waals surface area contributed by atoms with E-state index in [0.29, 0.717) is 17.4 Å². The Balaban J connectivity index is 2.26. The molecule has 1 fully saturated rings. The van der Waals surface area contributed by atoms with E-state index in [0.717, 1.165) is 0 Å². The number of likely N-dealkylation sites (tertiary alicyclic amines) is 1. The first-order valence-corrected chi connectivity index (χ1v) is 6.19. The normalized spacial score (nSPS) is 19.0. The Morgan fingerprint density at radius 2 is 2.28 bits per heavy atom. The van der Waals surface area contributed by atoms with Crippen LogP contribution in [0, 0.1) is 10.1 Å². The van der Waals surface area contributed by atoms with Crippen molar-refractivity contribution in [3.63, 3.8) is 0 Å². The average molecular weight is 315 g/mol. The molecule has 0 radical (unpaired) electrons. The van der Waals surface area contributed by atoms with Gasteiger partial charge in [-0.2, -0.15) is 0 Å². The first-order chi connectivity index (χ1) is 8.49. The van der Waals surface area contributed by atoms with Crippen LogP contribution >= 0.6 is 15.9 Å². The molecular formula is C11H11BrN2O4. The topological polar surface area (TPSA) is 83.7 Å². The summed E-state index contributed by atoms with van der Waals surface area (Å²) >= 11 is 3.07. The number of benzene rings is 1. The van der Waals surface area contributed by atoms with Gasteiger partial charge in [0.15, 0.2) is 0 Å². The Morgan fingerprint density at radius 1 is 1.56 bits per heavy atom. The van der Waals surface area contributed by atoms with Gasteiger partial charge in [-0.3, -0.25) is 14.9 Å². The summed E-state index contributed by atoms with van der Waals surface area (Å²) in [6, 6.07) is 4.26. The zero-order valence-electron chi connectivity index (χ0n) is 9.38. The molecule has 0 bridgehead atoms. The number of hydrogen-bond donors (Lipinski definition) is 1. The third-order valence-corrected chi connectivity index (χ3v) is 3.51. The number of amides is 1. The van der Waals surface area contributed by atoms with Gasteiger partial charge in [0.05, 0.1) is 15.5 Å². The average Bonchev–Trinajstić information content (AvgIpc) is 2.75. The maximum atomic E-state index is 12.1. The van der Waals surface area contributed by atoms with Crippen LogP contribution in [0.5, 0.6) is 0 Å². The number of carbonyl (C=O) groups excluding carboxylic acids is 1. The fraction of sp³-hybridized carbons (Fsp3) is 0.364. The van der Waals surface area contributed by atoms with E-state index in [-0.39, 0.29) is 23.7 Å². The molecule has 6 nitrogen and oxygen atoms in total. The number of nitro benzene ring substituents is 1. The zero-order chi connectivity index (χ0) is 13.3. The minimum Gasteiger partial charge on any atom is -0.391 e. The monoisotopic (exact) mass is 314 g/mol. The highest BCUT2D eigenvalue weighted by Gasteiger charge is 2.26. The van der Waals surface area contributed by atoms with Gasteiger partial charge in [-0.05, 0) is 34.5 Å². The van der Waals surface area contributed by atoms with Crippen molar-refractivity contribution in [2.75, 3.05) is 13.1 Å². The molecule has 0 spiro atoms. The summed E-state index contributed by atoms with van der Waals surface area (Å²) in [5.74, 6) is -0.290. The highest BCUT2D eigenvalue weighted by molar-refractivity contribution is 9.10. The number of carbonyl (C=O) groups is 1. The summed E-state index contributed by atoms with van der Waals surface area (Å²) in [6.45, 7) is 0.757. The van der Waals surface area contributed by atoms with Crippen LogP contribution < -0.4 is 0 Å². The molecule has 1 saturated heterocycles. The fourth-order valence-electron chi connectivity index (χ4n) is 1.89. The van der Waals surface area contributed by atoms with Crippen LogP contribution in [0.3, 0.4) is 0 Å². The van der Waals surface area contributed by atoms with Crippen LogP contribution in [-0.4, -0.2) is 40.0 Å². The number of rotatable bonds is 2. The van der Waals surface area contributed by atoms with Crippen molar-refractivity contribution in [1.29, 1.82) is 0 Å². The van der Waals surface area contributed by atoms with E-state index < -0.39 is 11.0 Å². The standard InChI is InChI=1S/C11H11BrN2O4/c12-9-2-1-7(5-10(9)14(17)18)11(16)13-4-3-8(15)6-13/h1-2,5,8,15H,3-4,6H2/t8-/m1/s1. The first kappa shape index (κ1) is 13.0. The molecule has 2 rings (SSSR count). The van der Waals surface area contributed by atoms with Gasteiger partial charge in [0.2, 0.25) is 0 Å². The first-order valence-electron chi connectivity index (χ1n) is 5.40. The van der Waals surface area contributed by atoms with Crippen molar-refractivity contribution < 1.29 is 14.8 Å². The third-order valence-electron chi connectivity index (χ3n) is 2.84. The molecule has 18 heavy (non-hydrogen) atoms. The van der Waals surface area contributed by atoms with Gasteiger partial charge in [0.25, 0.3) is 11.6 Å². The molecular weight excluding hydrogens is 304 g/mol.